The minimum Gasteiger partial charge on any atom is -0.461 e. The van der Waals surface area contributed by atoms with Gasteiger partial charge in [0.05, 0.1) is 39.6 Å². The lowest BCUT2D eigenvalue weighted by atomic mass is 9.97. The summed E-state index contributed by atoms with van der Waals surface area (Å²) >= 11 is 12.6. The zero-order chi connectivity index (χ0) is 35.6. The number of ether oxygens (including phenoxy) is 1. The number of nitrogen functional groups attached to an aromatic ring is 1. The number of fused-ring (bicyclic) bond motifs is 1. The third-order valence-corrected chi connectivity index (χ3v) is 9.84. The maximum absolute atomic E-state index is 16.8. The standard InChI is InChI=1S/C32H35Cl2F4N9O2/c1-16(2)20-12-45(30(48)46-13-21(34)40-15-46)8-9-47(20)28-18-11-19(33)23(27-24(32(36,37)38)17(3)10-22(39)41-27)25(35)26(18)42-29(43-28)49-14-31(6-7-31)44(4)5/h10-11,13,15-16,20H,6-9,12,14H2,1-5H3,(H2,39,41)/t20-/m1/s1. The molecular formula is C32H35Cl2F4N9O2. The minimum absolute atomic E-state index is 0.0340. The quantitative estimate of drug-likeness (QED) is 0.212. The minimum atomic E-state index is -4.88. The van der Waals surface area contributed by atoms with Crippen LogP contribution in [0.4, 0.5) is 34.0 Å². The molecule has 17 heteroatoms. The van der Waals surface area contributed by atoms with Crippen LogP contribution in [0.3, 0.4) is 0 Å². The van der Waals surface area contributed by atoms with E-state index < -0.39 is 28.8 Å². The van der Waals surface area contributed by atoms with Gasteiger partial charge in [-0.25, -0.2) is 19.2 Å². The predicted molar refractivity (Wildman–Crippen MR) is 179 cm³/mol. The van der Waals surface area contributed by atoms with Crippen LogP contribution < -0.4 is 15.4 Å². The van der Waals surface area contributed by atoms with E-state index in [9.17, 15) is 18.0 Å². The summed E-state index contributed by atoms with van der Waals surface area (Å²) in [6.07, 6.45) is -0.367. The Balaban J connectivity index is 1.50. The van der Waals surface area contributed by atoms with Crippen LogP contribution in [0.2, 0.25) is 10.2 Å². The molecule has 1 atom stereocenters. The number of likely N-dealkylation sites (N-methyl/N-ethyl adjacent to an activating group) is 1. The average Bonchev–Trinajstić information content (AvgIpc) is 3.70. The van der Waals surface area contributed by atoms with Crippen molar-refractivity contribution >= 4 is 51.8 Å². The van der Waals surface area contributed by atoms with E-state index in [1.165, 1.54) is 30.1 Å². The number of benzene rings is 1. The number of rotatable bonds is 7. The number of alkyl halides is 3. The number of carbonyl (C=O) groups is 1. The third-order valence-electron chi connectivity index (χ3n) is 9.35. The lowest BCUT2D eigenvalue weighted by Crippen LogP contribution is -2.57. The lowest BCUT2D eigenvalue weighted by Gasteiger charge is -2.44. The normalized spacial score (nSPS) is 17.8. The molecule has 1 amide bonds. The van der Waals surface area contributed by atoms with Gasteiger partial charge in [-0.3, -0.25) is 4.57 Å². The summed E-state index contributed by atoms with van der Waals surface area (Å²) < 4.78 is 67.2. The van der Waals surface area contributed by atoms with Gasteiger partial charge in [0.25, 0.3) is 0 Å². The second kappa shape index (κ2) is 12.7. The van der Waals surface area contributed by atoms with Crippen LogP contribution in [0.25, 0.3) is 22.2 Å². The van der Waals surface area contributed by atoms with Gasteiger partial charge in [-0.15, -0.1) is 0 Å². The Kier molecular flexibility index (Phi) is 9.07. The number of imidazole rings is 1. The first kappa shape index (κ1) is 34.9. The number of hydrogen-bond donors (Lipinski definition) is 1. The fourth-order valence-electron chi connectivity index (χ4n) is 6.35. The second-order valence-corrected chi connectivity index (χ2v) is 13.9. The number of amides is 1. The smallest absolute Gasteiger partial charge is 0.418 e. The van der Waals surface area contributed by atoms with Crippen molar-refractivity contribution in [3.8, 4) is 17.3 Å². The maximum Gasteiger partial charge on any atom is 0.418 e. The Bertz CT molecular complexity index is 1930. The van der Waals surface area contributed by atoms with Gasteiger partial charge in [-0.2, -0.15) is 23.1 Å². The van der Waals surface area contributed by atoms with Crippen molar-refractivity contribution in [3.05, 3.63) is 51.8 Å². The number of hydrogen-bond acceptors (Lipinski definition) is 9. The Morgan fingerprint density at radius 2 is 1.88 bits per heavy atom. The maximum atomic E-state index is 16.8. The Morgan fingerprint density at radius 1 is 1.16 bits per heavy atom. The highest BCUT2D eigenvalue weighted by Crippen LogP contribution is 2.45. The van der Waals surface area contributed by atoms with Gasteiger partial charge >= 0.3 is 18.2 Å². The molecule has 49 heavy (non-hydrogen) atoms. The van der Waals surface area contributed by atoms with E-state index >= 15 is 4.39 Å². The SMILES string of the molecule is Cc1cc(N)nc(-c2c(Cl)cc3c(N4CCN(C(=O)n5cnc(Cl)c5)C[C@@H]4C(C)C)nc(OCC4(N(C)C)CC4)nc3c2F)c1C(F)(F)F. The Labute approximate surface area is 290 Å². The van der Waals surface area contributed by atoms with E-state index in [2.05, 4.69) is 15.0 Å². The fourth-order valence-corrected chi connectivity index (χ4v) is 6.78. The van der Waals surface area contributed by atoms with E-state index in [0.717, 1.165) is 18.9 Å². The zero-order valence-corrected chi connectivity index (χ0v) is 29.0. The van der Waals surface area contributed by atoms with Crippen molar-refractivity contribution < 1.29 is 27.1 Å². The van der Waals surface area contributed by atoms with Crippen LogP contribution in [0.15, 0.2) is 24.7 Å². The summed E-state index contributed by atoms with van der Waals surface area (Å²) in [4.78, 5) is 35.9. The van der Waals surface area contributed by atoms with Gasteiger partial charge in [-0.05, 0) is 57.5 Å². The first-order valence-electron chi connectivity index (χ1n) is 15.6. The molecule has 6 rings (SSSR count). The molecule has 0 radical (unpaired) electrons. The summed E-state index contributed by atoms with van der Waals surface area (Å²) in [5.74, 6) is -1.12. The number of nitrogens with zero attached hydrogens (tertiary/aromatic N) is 8. The molecular weight excluding hydrogens is 689 g/mol. The van der Waals surface area contributed by atoms with Crippen molar-refractivity contribution in [2.75, 3.05) is 51.0 Å². The number of aryl methyl sites for hydroxylation is 1. The van der Waals surface area contributed by atoms with Crippen LogP contribution in [-0.4, -0.2) is 92.3 Å². The summed E-state index contributed by atoms with van der Waals surface area (Å²) in [6.45, 7) is 6.20. The van der Waals surface area contributed by atoms with Gasteiger partial charge < -0.3 is 25.2 Å². The molecule has 4 heterocycles. The largest absolute Gasteiger partial charge is 0.461 e. The molecule has 11 nitrogen and oxygen atoms in total. The van der Waals surface area contributed by atoms with Crippen molar-refractivity contribution in [2.45, 2.75) is 51.4 Å². The van der Waals surface area contributed by atoms with Crippen LogP contribution in [0, 0.1) is 18.7 Å². The highest BCUT2D eigenvalue weighted by molar-refractivity contribution is 6.34. The van der Waals surface area contributed by atoms with Gasteiger partial charge in [-0.1, -0.05) is 37.0 Å². The number of pyridine rings is 1. The molecule has 4 aromatic rings. The lowest BCUT2D eigenvalue weighted by molar-refractivity contribution is -0.137. The molecule has 1 saturated carbocycles. The molecule has 1 aliphatic heterocycles. The van der Waals surface area contributed by atoms with Crippen LogP contribution in [-0.2, 0) is 6.18 Å². The molecule has 3 aromatic heterocycles. The van der Waals surface area contributed by atoms with E-state index in [4.69, 9.17) is 38.7 Å². The van der Waals surface area contributed by atoms with Crippen molar-refractivity contribution in [1.29, 1.82) is 0 Å². The first-order valence-corrected chi connectivity index (χ1v) is 16.4. The van der Waals surface area contributed by atoms with Crippen LogP contribution in [0.1, 0.15) is 37.8 Å². The van der Waals surface area contributed by atoms with Crippen molar-refractivity contribution in [3.63, 3.8) is 0 Å². The molecule has 262 valence electrons. The Hall–Kier alpha value is -3.95. The second-order valence-electron chi connectivity index (χ2n) is 13.1. The summed E-state index contributed by atoms with van der Waals surface area (Å²) in [7, 11) is 3.86. The van der Waals surface area contributed by atoms with Crippen molar-refractivity contribution in [2.24, 2.45) is 5.92 Å². The highest BCUT2D eigenvalue weighted by atomic mass is 35.5. The van der Waals surface area contributed by atoms with E-state index in [0.29, 0.717) is 0 Å². The van der Waals surface area contributed by atoms with Crippen LogP contribution in [0.5, 0.6) is 6.01 Å². The van der Waals surface area contributed by atoms with E-state index in [-0.39, 0.29) is 94.1 Å². The summed E-state index contributed by atoms with van der Waals surface area (Å²) in [5.41, 5.74) is 2.59. The van der Waals surface area contributed by atoms with Gasteiger partial charge in [0.2, 0.25) is 0 Å². The fraction of sp³-hybridized carbons (Fsp3) is 0.469. The summed E-state index contributed by atoms with van der Waals surface area (Å²) in [5, 5.41) is 0.00936. The average molecular weight is 725 g/mol. The molecule has 0 unspecified atom stereocenters. The van der Waals surface area contributed by atoms with Gasteiger partial charge in [0.1, 0.15) is 35.2 Å². The molecule has 1 aromatic carbocycles. The number of halogens is 6. The zero-order valence-electron chi connectivity index (χ0n) is 27.4. The number of carbonyl (C=O) groups excluding carboxylic acids is 1. The first-order chi connectivity index (χ1) is 23.0. The number of aromatic nitrogens is 5. The summed E-state index contributed by atoms with van der Waals surface area (Å²) in [6, 6.07) is 1.63. The predicted octanol–water partition coefficient (Wildman–Crippen LogP) is 6.53. The van der Waals surface area contributed by atoms with E-state index in [1.807, 2.05) is 37.7 Å². The molecule has 2 aliphatic rings. The molecule has 1 aliphatic carbocycles. The van der Waals surface area contributed by atoms with Gasteiger partial charge in [0, 0.05) is 25.0 Å². The Morgan fingerprint density at radius 3 is 2.47 bits per heavy atom. The van der Waals surface area contributed by atoms with Gasteiger partial charge in [0.15, 0.2) is 5.82 Å². The van der Waals surface area contributed by atoms with Crippen LogP contribution >= 0.6 is 23.2 Å². The molecule has 2 N–H and O–H groups in total. The molecule has 0 bridgehead atoms. The monoisotopic (exact) mass is 723 g/mol. The third kappa shape index (κ3) is 6.55. The molecule has 2 fully saturated rings. The molecule has 1 saturated heterocycles. The van der Waals surface area contributed by atoms with Crippen molar-refractivity contribution in [1.82, 2.24) is 34.3 Å². The number of nitrogens with two attached hydrogens (primary N) is 1. The highest BCUT2D eigenvalue weighted by Gasteiger charge is 2.46. The topological polar surface area (TPSA) is 119 Å². The number of piperazine rings is 1. The van der Waals surface area contributed by atoms with E-state index in [1.54, 1.807) is 4.90 Å². The molecule has 0 spiro atoms. The number of anilines is 2.